The average Bonchev–Trinajstić information content (AvgIpc) is 3.05. The second-order valence-electron chi connectivity index (χ2n) is 10.8. The number of phenols is 2. The molecule has 0 amide bonds. The number of benzene rings is 3. The van der Waals surface area contributed by atoms with Gasteiger partial charge in [-0.3, -0.25) is 0 Å². The van der Waals surface area contributed by atoms with Crippen molar-refractivity contribution in [1.82, 2.24) is 0 Å². The number of hydrogen-bond donors (Lipinski definition) is 6. The van der Waals surface area contributed by atoms with Crippen molar-refractivity contribution in [3.63, 3.8) is 0 Å². The SMILES string of the molecule is COc1cc(C(=O)O)ccc1O[C@@H]1O[C@@]2(CCc3c(OC)c(O)c(OCCc4ccccc4)c(O)c3C(=O)OC2)[C@@H](O)[C@H](O)[C@H]1O. The molecule has 3 aromatic rings. The van der Waals surface area contributed by atoms with Crippen LogP contribution in [-0.2, 0) is 22.3 Å². The number of aliphatic hydroxyl groups is 3. The van der Waals surface area contributed by atoms with Crippen molar-refractivity contribution in [3.05, 3.63) is 70.8 Å². The Morgan fingerprint density at radius 2 is 1.70 bits per heavy atom. The van der Waals surface area contributed by atoms with Gasteiger partial charge in [0.1, 0.15) is 36.1 Å². The molecule has 5 rings (SSSR count). The lowest BCUT2D eigenvalue weighted by molar-refractivity contribution is -0.320. The molecule has 5 atom stereocenters. The molecule has 2 heterocycles. The lowest BCUT2D eigenvalue weighted by atomic mass is 9.81. The van der Waals surface area contributed by atoms with E-state index in [4.69, 9.17) is 28.4 Å². The highest BCUT2D eigenvalue weighted by atomic mass is 16.7. The molecule has 2 aliphatic rings. The van der Waals surface area contributed by atoms with Gasteiger partial charge in [0.2, 0.25) is 17.8 Å². The largest absolute Gasteiger partial charge is 0.504 e. The molecule has 1 saturated heterocycles. The molecule has 14 nitrogen and oxygen atoms in total. The van der Waals surface area contributed by atoms with Crippen molar-refractivity contribution in [1.29, 1.82) is 0 Å². The van der Waals surface area contributed by atoms with Crippen LogP contribution in [0.1, 0.15) is 38.3 Å². The number of methoxy groups -OCH3 is 2. The van der Waals surface area contributed by atoms with Gasteiger partial charge in [0.15, 0.2) is 23.0 Å². The molecule has 46 heavy (non-hydrogen) atoms. The van der Waals surface area contributed by atoms with E-state index in [2.05, 4.69) is 0 Å². The van der Waals surface area contributed by atoms with Gasteiger partial charge in [-0.1, -0.05) is 30.3 Å². The highest BCUT2D eigenvalue weighted by Gasteiger charge is 2.56. The van der Waals surface area contributed by atoms with Crippen LogP contribution in [-0.4, -0.2) is 100 Å². The molecule has 1 spiro atoms. The van der Waals surface area contributed by atoms with Crippen LogP contribution in [0.5, 0.6) is 34.5 Å². The van der Waals surface area contributed by atoms with Crippen molar-refractivity contribution in [2.24, 2.45) is 0 Å². The lowest BCUT2D eigenvalue weighted by Crippen LogP contribution is -2.67. The topological polar surface area (TPSA) is 211 Å². The summed E-state index contributed by atoms with van der Waals surface area (Å²) in [7, 11) is 2.52. The zero-order chi connectivity index (χ0) is 33.2. The number of rotatable bonds is 9. The quantitative estimate of drug-likeness (QED) is 0.184. The van der Waals surface area contributed by atoms with Crippen LogP contribution in [0.2, 0.25) is 0 Å². The van der Waals surface area contributed by atoms with E-state index >= 15 is 0 Å². The number of aliphatic hydroxyl groups excluding tert-OH is 3. The fourth-order valence-electron chi connectivity index (χ4n) is 5.60. The van der Waals surface area contributed by atoms with Gasteiger partial charge in [0, 0.05) is 12.0 Å². The number of aromatic hydroxyl groups is 2. The standard InChI is InChI=1S/C32H34O14/c1-41-20-14-17(29(38)39)8-9-19(20)45-31-24(35)23(34)28(37)32(46-31)12-10-18-21(30(40)44-15-32)22(33)27(25(36)26(18)42-2)43-13-11-16-6-4-3-5-7-16/h3-9,14,23-24,28,31,33-37H,10-13,15H2,1-2H3,(H,38,39)/t23-,24-,28+,31-,32-/m1/s1. The van der Waals surface area contributed by atoms with E-state index in [9.17, 15) is 40.2 Å². The maximum Gasteiger partial charge on any atom is 0.342 e. The normalized spacial score (nSPS) is 24.2. The third kappa shape index (κ3) is 6.07. The predicted octanol–water partition coefficient (Wildman–Crippen LogP) is 1.79. The summed E-state index contributed by atoms with van der Waals surface area (Å²) in [5.74, 6) is -4.11. The summed E-state index contributed by atoms with van der Waals surface area (Å²) in [4.78, 5) is 24.8. The smallest absolute Gasteiger partial charge is 0.342 e. The van der Waals surface area contributed by atoms with Gasteiger partial charge in [-0.2, -0.15) is 0 Å². The van der Waals surface area contributed by atoms with Crippen molar-refractivity contribution in [3.8, 4) is 34.5 Å². The van der Waals surface area contributed by atoms with Crippen molar-refractivity contribution < 1.29 is 68.6 Å². The van der Waals surface area contributed by atoms with E-state index in [1.165, 1.54) is 32.4 Å². The molecular weight excluding hydrogens is 608 g/mol. The maximum atomic E-state index is 13.4. The van der Waals surface area contributed by atoms with Crippen molar-refractivity contribution in [2.45, 2.75) is 49.5 Å². The summed E-state index contributed by atoms with van der Waals surface area (Å²) in [6.07, 6.45) is -6.97. The first-order chi connectivity index (χ1) is 22.0. The van der Waals surface area contributed by atoms with E-state index in [1.54, 1.807) is 0 Å². The summed E-state index contributed by atoms with van der Waals surface area (Å²) in [6, 6.07) is 13.0. The van der Waals surface area contributed by atoms with Crippen LogP contribution < -0.4 is 18.9 Å². The Morgan fingerprint density at radius 3 is 2.37 bits per heavy atom. The third-order valence-electron chi connectivity index (χ3n) is 8.09. The molecule has 3 aromatic carbocycles. The molecule has 0 radical (unpaired) electrons. The predicted molar refractivity (Wildman–Crippen MR) is 157 cm³/mol. The van der Waals surface area contributed by atoms with Crippen LogP contribution >= 0.6 is 0 Å². The molecule has 6 N–H and O–H groups in total. The van der Waals surface area contributed by atoms with Crippen LogP contribution in [0.25, 0.3) is 0 Å². The van der Waals surface area contributed by atoms with E-state index in [-0.39, 0.29) is 59.1 Å². The third-order valence-corrected chi connectivity index (χ3v) is 8.09. The number of fused-ring (bicyclic) bond motifs is 1. The van der Waals surface area contributed by atoms with Gasteiger partial charge in [-0.15, -0.1) is 0 Å². The van der Waals surface area contributed by atoms with Crippen molar-refractivity contribution >= 4 is 11.9 Å². The highest BCUT2D eigenvalue weighted by Crippen LogP contribution is 2.51. The zero-order valence-corrected chi connectivity index (χ0v) is 24.9. The lowest BCUT2D eigenvalue weighted by Gasteiger charge is -2.48. The fourth-order valence-corrected chi connectivity index (χ4v) is 5.60. The number of aromatic carboxylic acids is 1. The Hall–Kier alpha value is -4.76. The average molecular weight is 643 g/mol. The molecule has 0 bridgehead atoms. The minimum Gasteiger partial charge on any atom is -0.504 e. The Labute approximate surface area is 262 Å². The molecule has 2 aliphatic heterocycles. The molecule has 1 fully saturated rings. The first-order valence-corrected chi connectivity index (χ1v) is 14.3. The highest BCUT2D eigenvalue weighted by molar-refractivity contribution is 5.97. The van der Waals surface area contributed by atoms with E-state index in [0.717, 1.165) is 5.56 Å². The van der Waals surface area contributed by atoms with Crippen LogP contribution in [0.4, 0.5) is 0 Å². The zero-order valence-electron chi connectivity index (χ0n) is 24.9. The van der Waals surface area contributed by atoms with Gasteiger partial charge in [0.25, 0.3) is 0 Å². The van der Waals surface area contributed by atoms with Crippen molar-refractivity contribution in [2.75, 3.05) is 27.4 Å². The molecule has 246 valence electrons. The summed E-state index contributed by atoms with van der Waals surface area (Å²) < 4.78 is 33.6. The summed E-state index contributed by atoms with van der Waals surface area (Å²) in [5.41, 5.74) is -1.30. The molecular formula is C32H34O14. The van der Waals surface area contributed by atoms with Crippen LogP contribution in [0.3, 0.4) is 0 Å². The Morgan fingerprint density at radius 1 is 0.957 bits per heavy atom. The number of ether oxygens (including phenoxy) is 6. The van der Waals surface area contributed by atoms with E-state index < -0.39 is 60.2 Å². The first kappa shape index (κ1) is 32.6. The number of cyclic esters (lactones) is 1. The molecule has 0 unspecified atom stereocenters. The van der Waals surface area contributed by atoms with Gasteiger partial charge in [-0.25, -0.2) is 9.59 Å². The summed E-state index contributed by atoms with van der Waals surface area (Å²) in [6.45, 7) is -0.589. The van der Waals surface area contributed by atoms with E-state index in [1.807, 2.05) is 30.3 Å². The number of carboxylic acid groups (broad SMARTS) is 1. The second kappa shape index (κ2) is 13.3. The Kier molecular flexibility index (Phi) is 9.44. The maximum absolute atomic E-state index is 13.4. The van der Waals surface area contributed by atoms with Gasteiger partial charge >= 0.3 is 11.9 Å². The molecule has 0 saturated carbocycles. The van der Waals surface area contributed by atoms with Gasteiger partial charge in [-0.05, 0) is 36.6 Å². The van der Waals surface area contributed by atoms with Crippen LogP contribution in [0.15, 0.2) is 48.5 Å². The summed E-state index contributed by atoms with van der Waals surface area (Å²) >= 11 is 0. The monoisotopic (exact) mass is 642 g/mol. The number of hydrogen-bond acceptors (Lipinski definition) is 13. The number of carboxylic acids is 1. The van der Waals surface area contributed by atoms with E-state index in [0.29, 0.717) is 6.42 Å². The number of phenolic OH excluding ortho intramolecular Hbond substituents is 2. The summed E-state index contributed by atoms with van der Waals surface area (Å²) in [5, 5.41) is 64.1. The fraction of sp³-hybridized carbons (Fsp3) is 0.375. The minimum atomic E-state index is -1.86. The Bertz CT molecular complexity index is 1590. The molecule has 0 aromatic heterocycles. The van der Waals surface area contributed by atoms with Gasteiger partial charge < -0.3 is 59.1 Å². The number of carbonyl (C=O) groups is 2. The minimum absolute atomic E-state index is 0.0131. The van der Waals surface area contributed by atoms with Gasteiger partial charge in [0.05, 0.1) is 26.4 Å². The molecule has 0 aliphatic carbocycles. The van der Waals surface area contributed by atoms with Crippen LogP contribution in [0, 0.1) is 0 Å². The second-order valence-corrected chi connectivity index (χ2v) is 10.8. The first-order valence-electron chi connectivity index (χ1n) is 14.3. The number of esters is 1. The Balaban J connectivity index is 1.43. The number of carbonyl (C=O) groups excluding carboxylic acids is 1. The molecule has 14 heteroatoms.